The molecule has 0 atom stereocenters. The molecule has 0 spiro atoms. The van der Waals surface area contributed by atoms with E-state index in [2.05, 4.69) is 48.9 Å². The molecule has 5 heteroatoms. The van der Waals surface area contributed by atoms with Gasteiger partial charge in [-0.05, 0) is 93.6 Å². The number of thiophene rings is 1. The van der Waals surface area contributed by atoms with Crippen LogP contribution in [0, 0.1) is 0 Å². The van der Waals surface area contributed by atoms with E-state index in [0.29, 0.717) is 0 Å². The average molecular weight is 455 g/mol. The molecule has 0 bridgehead atoms. The monoisotopic (exact) mass is 453 g/mol. The SMILES string of the molecule is O=C(/C=C/c1cc(Br)c(Br)s1)c1ccc(N2CCCCC2)cc1. The van der Waals surface area contributed by atoms with Gasteiger partial charge in [-0.25, -0.2) is 0 Å². The van der Waals surface area contributed by atoms with Gasteiger partial charge in [0.2, 0.25) is 0 Å². The van der Waals surface area contributed by atoms with Crippen molar-refractivity contribution in [2.75, 3.05) is 18.0 Å². The molecule has 0 amide bonds. The van der Waals surface area contributed by atoms with E-state index in [9.17, 15) is 4.79 Å². The van der Waals surface area contributed by atoms with E-state index in [1.807, 2.05) is 24.3 Å². The Morgan fingerprint density at radius 2 is 1.78 bits per heavy atom. The Balaban J connectivity index is 1.67. The Morgan fingerprint density at radius 3 is 2.39 bits per heavy atom. The van der Waals surface area contributed by atoms with E-state index in [1.54, 1.807) is 17.4 Å². The van der Waals surface area contributed by atoms with Crippen LogP contribution >= 0.6 is 43.2 Å². The summed E-state index contributed by atoms with van der Waals surface area (Å²) in [6.07, 6.45) is 7.35. The summed E-state index contributed by atoms with van der Waals surface area (Å²) < 4.78 is 2.05. The molecule has 1 saturated heterocycles. The summed E-state index contributed by atoms with van der Waals surface area (Å²) in [6.45, 7) is 2.24. The van der Waals surface area contributed by atoms with Crippen molar-refractivity contribution in [1.29, 1.82) is 0 Å². The fourth-order valence-corrected chi connectivity index (χ4v) is 4.68. The maximum absolute atomic E-state index is 12.3. The molecule has 2 nitrogen and oxygen atoms in total. The van der Waals surface area contributed by atoms with Crippen molar-refractivity contribution in [2.24, 2.45) is 0 Å². The van der Waals surface area contributed by atoms with E-state index in [0.717, 1.165) is 31.8 Å². The van der Waals surface area contributed by atoms with Crippen LogP contribution in [0.5, 0.6) is 0 Å². The topological polar surface area (TPSA) is 20.3 Å². The number of nitrogens with zero attached hydrogens (tertiary/aromatic N) is 1. The smallest absolute Gasteiger partial charge is 0.185 e. The van der Waals surface area contributed by atoms with E-state index in [1.165, 1.54) is 24.9 Å². The fourth-order valence-electron chi connectivity index (χ4n) is 2.69. The van der Waals surface area contributed by atoms with Crippen molar-refractivity contribution in [3.8, 4) is 0 Å². The number of ketones is 1. The van der Waals surface area contributed by atoms with Gasteiger partial charge in [0.1, 0.15) is 0 Å². The minimum atomic E-state index is 0.0378. The van der Waals surface area contributed by atoms with Gasteiger partial charge in [0, 0.05) is 33.7 Å². The maximum atomic E-state index is 12.3. The highest BCUT2D eigenvalue weighted by Gasteiger charge is 2.11. The van der Waals surface area contributed by atoms with Crippen LogP contribution < -0.4 is 4.90 Å². The van der Waals surface area contributed by atoms with Gasteiger partial charge in [-0.3, -0.25) is 4.79 Å². The number of carbonyl (C=O) groups excluding carboxylic acids is 1. The van der Waals surface area contributed by atoms with Crippen molar-refractivity contribution >= 4 is 60.7 Å². The molecule has 0 radical (unpaired) electrons. The van der Waals surface area contributed by atoms with Gasteiger partial charge in [0.25, 0.3) is 0 Å². The molecule has 2 heterocycles. The largest absolute Gasteiger partial charge is 0.372 e. The van der Waals surface area contributed by atoms with Gasteiger partial charge in [0.15, 0.2) is 5.78 Å². The van der Waals surface area contributed by atoms with Crippen molar-refractivity contribution in [2.45, 2.75) is 19.3 Å². The molecule has 0 unspecified atom stereocenters. The highest BCUT2D eigenvalue weighted by Crippen LogP contribution is 2.33. The van der Waals surface area contributed by atoms with Crippen molar-refractivity contribution in [3.63, 3.8) is 0 Å². The first-order valence-electron chi connectivity index (χ1n) is 7.66. The number of piperidine rings is 1. The van der Waals surface area contributed by atoms with E-state index in [4.69, 9.17) is 0 Å². The zero-order valence-corrected chi connectivity index (χ0v) is 16.6. The molecule has 0 saturated carbocycles. The van der Waals surface area contributed by atoms with Crippen LogP contribution in [0.25, 0.3) is 6.08 Å². The lowest BCUT2D eigenvalue weighted by Gasteiger charge is -2.28. The standard InChI is InChI=1S/C18H17Br2NOS/c19-16-12-15(23-18(16)20)8-9-17(22)13-4-6-14(7-5-13)21-10-2-1-3-11-21/h4-9,12H,1-3,10-11H2/b9-8+. The third-order valence-electron chi connectivity index (χ3n) is 3.94. The first-order valence-corrected chi connectivity index (χ1v) is 10.1. The number of allylic oxidation sites excluding steroid dienone is 1. The van der Waals surface area contributed by atoms with Gasteiger partial charge < -0.3 is 4.90 Å². The highest BCUT2D eigenvalue weighted by molar-refractivity contribution is 9.13. The summed E-state index contributed by atoms with van der Waals surface area (Å²) in [5, 5.41) is 0. The Morgan fingerprint density at radius 1 is 1.09 bits per heavy atom. The van der Waals surface area contributed by atoms with Gasteiger partial charge in [-0.15, -0.1) is 11.3 Å². The number of halogens is 2. The Bertz CT molecular complexity index is 696. The number of carbonyl (C=O) groups is 1. The molecule has 2 aromatic rings. The summed E-state index contributed by atoms with van der Waals surface area (Å²) in [5.74, 6) is 0.0378. The second-order valence-corrected chi connectivity index (χ2v) is 8.82. The normalized spacial score (nSPS) is 15.3. The summed E-state index contributed by atoms with van der Waals surface area (Å²) in [4.78, 5) is 15.7. The van der Waals surface area contributed by atoms with Crippen molar-refractivity contribution < 1.29 is 4.79 Å². The molecular weight excluding hydrogens is 438 g/mol. The summed E-state index contributed by atoms with van der Waals surface area (Å²) in [7, 11) is 0. The minimum Gasteiger partial charge on any atom is -0.372 e. The summed E-state index contributed by atoms with van der Waals surface area (Å²) >= 11 is 8.51. The van der Waals surface area contributed by atoms with Crippen LogP contribution in [0.2, 0.25) is 0 Å². The van der Waals surface area contributed by atoms with Crippen molar-refractivity contribution in [3.05, 3.63) is 55.1 Å². The number of benzene rings is 1. The minimum absolute atomic E-state index is 0.0378. The molecule has 1 aliphatic rings. The molecule has 1 aliphatic heterocycles. The molecule has 1 aromatic carbocycles. The third kappa shape index (κ3) is 4.34. The molecule has 0 N–H and O–H groups in total. The van der Waals surface area contributed by atoms with Crippen LogP contribution in [0.3, 0.4) is 0 Å². The first-order chi connectivity index (χ1) is 11.1. The fraction of sp³-hybridized carbons (Fsp3) is 0.278. The lowest BCUT2D eigenvalue weighted by Crippen LogP contribution is -2.29. The molecule has 1 fully saturated rings. The zero-order valence-electron chi connectivity index (χ0n) is 12.6. The van der Waals surface area contributed by atoms with Crippen LogP contribution in [0.15, 0.2) is 44.7 Å². The van der Waals surface area contributed by atoms with Gasteiger partial charge >= 0.3 is 0 Å². The third-order valence-corrected chi connectivity index (χ3v) is 7.16. The number of rotatable bonds is 4. The zero-order chi connectivity index (χ0) is 16.2. The molecular formula is C18H17Br2NOS. The van der Waals surface area contributed by atoms with E-state index < -0.39 is 0 Å². The highest BCUT2D eigenvalue weighted by atomic mass is 79.9. The number of anilines is 1. The lowest BCUT2D eigenvalue weighted by atomic mass is 10.1. The van der Waals surface area contributed by atoms with E-state index >= 15 is 0 Å². The Labute approximate surface area is 157 Å². The summed E-state index contributed by atoms with van der Waals surface area (Å²) in [6, 6.07) is 9.97. The molecule has 23 heavy (non-hydrogen) atoms. The average Bonchev–Trinajstić information content (AvgIpc) is 2.92. The summed E-state index contributed by atoms with van der Waals surface area (Å²) in [5.41, 5.74) is 1.95. The van der Waals surface area contributed by atoms with Gasteiger partial charge in [-0.2, -0.15) is 0 Å². The van der Waals surface area contributed by atoms with Gasteiger partial charge in [0.05, 0.1) is 3.79 Å². The quantitative estimate of drug-likeness (QED) is 0.407. The van der Waals surface area contributed by atoms with Crippen LogP contribution in [0.1, 0.15) is 34.5 Å². The van der Waals surface area contributed by atoms with Crippen LogP contribution in [-0.2, 0) is 0 Å². The van der Waals surface area contributed by atoms with Crippen LogP contribution in [-0.4, -0.2) is 18.9 Å². The predicted octanol–water partition coefficient (Wildman–Crippen LogP) is 6.16. The van der Waals surface area contributed by atoms with Gasteiger partial charge in [-0.1, -0.05) is 0 Å². The Hall–Kier alpha value is -0.910. The molecule has 3 rings (SSSR count). The second-order valence-electron chi connectivity index (χ2n) is 5.56. The molecule has 1 aromatic heterocycles. The Kier molecular flexibility index (Phi) is 5.72. The first kappa shape index (κ1) is 16.9. The predicted molar refractivity (Wildman–Crippen MR) is 106 cm³/mol. The number of hydrogen-bond donors (Lipinski definition) is 0. The number of hydrogen-bond acceptors (Lipinski definition) is 3. The van der Waals surface area contributed by atoms with Crippen molar-refractivity contribution in [1.82, 2.24) is 0 Å². The molecule has 120 valence electrons. The molecule has 0 aliphatic carbocycles. The van der Waals surface area contributed by atoms with Crippen LogP contribution in [0.4, 0.5) is 5.69 Å². The maximum Gasteiger partial charge on any atom is 0.185 e. The van der Waals surface area contributed by atoms with E-state index in [-0.39, 0.29) is 5.78 Å². The second kappa shape index (κ2) is 7.77. The lowest BCUT2D eigenvalue weighted by molar-refractivity contribution is 0.104.